The molecule has 2 atom stereocenters. The molecule has 3 aromatic rings. The first-order chi connectivity index (χ1) is 18.7. The van der Waals surface area contributed by atoms with Crippen molar-refractivity contribution in [2.24, 2.45) is 0 Å². The van der Waals surface area contributed by atoms with Crippen LogP contribution in [0, 0.1) is 11.5 Å². The average molecular weight is 600 g/mol. The summed E-state index contributed by atoms with van der Waals surface area (Å²) in [7, 11) is -7.02. The number of allylic oxidation sites excluding steroid dienone is 4. The molecule has 2 unspecified atom stereocenters. The van der Waals surface area contributed by atoms with E-state index in [0.717, 1.165) is 11.8 Å². The molecule has 0 aliphatic carbocycles. The number of nitrogens with one attached hydrogen (secondary N) is 1. The number of thiophene rings is 1. The van der Waals surface area contributed by atoms with E-state index in [9.17, 15) is 16.8 Å². The van der Waals surface area contributed by atoms with Gasteiger partial charge in [-0.2, -0.15) is 5.26 Å². The van der Waals surface area contributed by atoms with Crippen molar-refractivity contribution in [2.45, 2.75) is 34.4 Å². The van der Waals surface area contributed by atoms with Crippen LogP contribution < -0.4 is 4.72 Å². The topological polar surface area (TPSA) is 107 Å². The van der Waals surface area contributed by atoms with Crippen molar-refractivity contribution in [2.75, 3.05) is 12.8 Å². The molecule has 0 saturated heterocycles. The normalized spacial score (nSPS) is 14.1. The molecule has 1 N–H and O–H groups in total. The van der Waals surface area contributed by atoms with Crippen molar-refractivity contribution >= 4 is 43.1 Å². The molecule has 1 heterocycles. The highest BCUT2D eigenvalue weighted by molar-refractivity contribution is 7.90. The van der Waals surface area contributed by atoms with Gasteiger partial charge >= 0.3 is 0 Å². The van der Waals surface area contributed by atoms with E-state index in [2.05, 4.69) is 4.72 Å². The lowest BCUT2D eigenvalue weighted by Gasteiger charge is -2.23. The Kier molecular flexibility index (Phi) is 11.2. The Hall–Kier alpha value is -3.14. The van der Waals surface area contributed by atoms with E-state index in [1.54, 1.807) is 59.0 Å². The van der Waals surface area contributed by atoms with Gasteiger partial charge in [-0.05, 0) is 59.7 Å². The van der Waals surface area contributed by atoms with Gasteiger partial charge in [0.2, 0.25) is 0 Å². The number of hydrogen-bond acceptors (Lipinski definition) is 6. The Bertz CT molecular complexity index is 1580. The van der Waals surface area contributed by atoms with Crippen LogP contribution >= 0.6 is 11.3 Å². The van der Waals surface area contributed by atoms with Crippen LogP contribution in [0.4, 0.5) is 0 Å². The minimum atomic E-state index is -3.69. The van der Waals surface area contributed by atoms with Crippen molar-refractivity contribution in [1.82, 2.24) is 9.03 Å². The minimum Gasteiger partial charge on any atom is -0.237 e. The van der Waals surface area contributed by atoms with Gasteiger partial charge in [0.15, 0.2) is 27.0 Å². The van der Waals surface area contributed by atoms with Gasteiger partial charge in [-0.3, -0.25) is 0 Å². The fourth-order valence-corrected chi connectivity index (χ4v) is 7.78. The lowest BCUT2D eigenvalue weighted by Crippen LogP contribution is -2.28. The second-order valence-corrected chi connectivity index (χ2v) is 14.1. The molecule has 7 nitrogen and oxygen atoms in total. The van der Waals surface area contributed by atoms with Gasteiger partial charge in [-0.1, -0.05) is 66.8 Å². The molecule has 0 fully saturated rings. The summed E-state index contributed by atoms with van der Waals surface area (Å²) in [6.07, 6.45) is 12.4. The van der Waals surface area contributed by atoms with E-state index in [1.807, 2.05) is 55.7 Å². The maximum absolute atomic E-state index is 13.6. The number of nitrogens with zero attached hydrogens (tertiary/aromatic N) is 2. The average Bonchev–Trinajstić information content (AvgIpc) is 3.46. The smallest absolute Gasteiger partial charge is 0.189 e. The van der Waals surface area contributed by atoms with Crippen LogP contribution in [-0.2, 0) is 38.4 Å². The Morgan fingerprint density at radius 3 is 2.51 bits per heavy atom. The zero-order valence-electron chi connectivity index (χ0n) is 21.7. The van der Waals surface area contributed by atoms with E-state index >= 15 is 0 Å². The first-order valence-electron chi connectivity index (χ1n) is 11.8. The summed E-state index contributed by atoms with van der Waals surface area (Å²) < 4.78 is 56.7. The Morgan fingerprint density at radius 1 is 1.10 bits per heavy atom. The monoisotopic (exact) mass is 599 g/mol. The number of rotatable bonds is 12. The third-order valence-corrected chi connectivity index (χ3v) is 10.3. The summed E-state index contributed by atoms with van der Waals surface area (Å²) in [6.45, 7) is 4.25. The number of benzene rings is 2. The van der Waals surface area contributed by atoms with Gasteiger partial charge in [0.05, 0.1) is 9.79 Å². The molecule has 1 aromatic heterocycles. The van der Waals surface area contributed by atoms with Crippen LogP contribution in [-0.4, -0.2) is 33.9 Å². The summed E-state index contributed by atoms with van der Waals surface area (Å²) in [4.78, 5) is 0.448. The first kappa shape index (κ1) is 30.4. The van der Waals surface area contributed by atoms with Crippen molar-refractivity contribution in [1.29, 1.82) is 5.26 Å². The highest BCUT2D eigenvalue weighted by Crippen LogP contribution is 2.31. The predicted octanol–water partition coefficient (Wildman–Crippen LogP) is 5.52. The van der Waals surface area contributed by atoms with Crippen molar-refractivity contribution < 1.29 is 16.8 Å². The molecule has 0 amide bonds. The van der Waals surface area contributed by atoms with Crippen LogP contribution in [0.5, 0.6) is 0 Å². The zero-order valence-corrected chi connectivity index (χ0v) is 25.0. The van der Waals surface area contributed by atoms with Crippen molar-refractivity contribution in [3.05, 3.63) is 101 Å². The van der Waals surface area contributed by atoms with Crippen LogP contribution in [0.3, 0.4) is 0 Å². The summed E-state index contributed by atoms with van der Waals surface area (Å²) in [5.74, 6) is 0. The molecule has 39 heavy (non-hydrogen) atoms. The van der Waals surface area contributed by atoms with Gasteiger partial charge in [-0.15, -0.1) is 11.3 Å². The second kappa shape index (κ2) is 14.3. The van der Waals surface area contributed by atoms with E-state index in [0.29, 0.717) is 32.3 Å². The van der Waals surface area contributed by atoms with Gasteiger partial charge < -0.3 is 0 Å². The second-order valence-electron chi connectivity index (χ2n) is 8.32. The summed E-state index contributed by atoms with van der Waals surface area (Å²) in [6, 6.07) is 15.4. The number of hydrogen-bond donors (Lipinski definition) is 1. The molecular weight excluding hydrogens is 571 g/mol. The molecule has 3 rings (SSSR count). The molecule has 11 heteroatoms. The Balaban J connectivity index is 2.10. The standard InChI is InChI=1S/C28H29N3O4S4/c1-4-6-11-22(10-5-2)19-31(38(33)28-14-9-17-36-28)20-24-16-15-23(18-27(24)39(3,34)35)25-12-7-8-13-26(25)37(32)30-21-29/h4-18,30H,19-20H2,1-3H3/b6-4-,10-5-,22-11+. The third kappa shape index (κ3) is 8.17. The van der Waals surface area contributed by atoms with E-state index in [1.165, 1.54) is 11.3 Å². The van der Waals surface area contributed by atoms with Gasteiger partial charge in [0.1, 0.15) is 15.2 Å². The van der Waals surface area contributed by atoms with E-state index < -0.39 is 31.8 Å². The molecule has 0 spiro atoms. The highest BCUT2D eigenvalue weighted by atomic mass is 32.2. The van der Waals surface area contributed by atoms with Crippen LogP contribution in [0.2, 0.25) is 0 Å². The third-order valence-electron chi connectivity index (χ3n) is 5.49. The molecule has 204 valence electrons. The fourth-order valence-electron chi connectivity index (χ4n) is 3.81. The molecule has 0 aliphatic heterocycles. The van der Waals surface area contributed by atoms with Crippen LogP contribution in [0.15, 0.2) is 110 Å². The molecule has 0 saturated carbocycles. The minimum absolute atomic E-state index is 0.0898. The van der Waals surface area contributed by atoms with Gasteiger partial charge in [0, 0.05) is 19.3 Å². The quantitative estimate of drug-likeness (QED) is 0.168. The molecule has 2 aromatic carbocycles. The highest BCUT2D eigenvalue weighted by Gasteiger charge is 2.23. The zero-order chi connectivity index (χ0) is 28.4. The SMILES string of the molecule is C\C=C/C=C(\C=C/C)CN(Cc1ccc(-c2ccccc2S(=O)NC#N)cc1S(C)(=O)=O)S(=O)c1cccs1. The molecule has 0 bridgehead atoms. The van der Waals surface area contributed by atoms with E-state index in [4.69, 9.17) is 5.26 Å². The Morgan fingerprint density at radius 2 is 1.87 bits per heavy atom. The predicted molar refractivity (Wildman–Crippen MR) is 159 cm³/mol. The lowest BCUT2D eigenvalue weighted by molar-refractivity contribution is 0.471. The van der Waals surface area contributed by atoms with Crippen LogP contribution in [0.1, 0.15) is 19.4 Å². The van der Waals surface area contributed by atoms with Crippen molar-refractivity contribution in [3.63, 3.8) is 0 Å². The maximum Gasteiger partial charge on any atom is 0.189 e. The summed E-state index contributed by atoms with van der Waals surface area (Å²) >= 11 is 1.38. The fraction of sp³-hybridized carbons (Fsp3) is 0.179. The Labute approximate surface area is 239 Å². The lowest BCUT2D eigenvalue weighted by atomic mass is 10.0. The molecular formula is C28H29N3O4S4. The summed E-state index contributed by atoms with van der Waals surface area (Å²) in [5.41, 5.74) is 2.49. The number of nitriles is 1. The maximum atomic E-state index is 13.6. The molecule has 0 radical (unpaired) electrons. The first-order valence-corrected chi connectivity index (χ1v) is 16.9. The van der Waals surface area contributed by atoms with Gasteiger partial charge in [-0.25, -0.2) is 25.9 Å². The summed E-state index contributed by atoms with van der Waals surface area (Å²) in [5, 5.41) is 10.8. The van der Waals surface area contributed by atoms with Crippen LogP contribution in [0.25, 0.3) is 11.1 Å². The molecule has 0 aliphatic rings. The van der Waals surface area contributed by atoms with Crippen molar-refractivity contribution in [3.8, 4) is 17.3 Å². The number of sulfone groups is 1. The van der Waals surface area contributed by atoms with Gasteiger partial charge in [0.25, 0.3) is 0 Å². The van der Waals surface area contributed by atoms with E-state index in [-0.39, 0.29) is 11.4 Å². The largest absolute Gasteiger partial charge is 0.237 e.